The Hall–Kier alpha value is -1.85. The van der Waals surface area contributed by atoms with Crippen LogP contribution < -0.4 is 0 Å². The Kier molecular flexibility index (Phi) is 5.16. The number of halogens is 4. The van der Waals surface area contributed by atoms with Crippen LogP contribution in [-0.4, -0.2) is 9.91 Å². The minimum atomic E-state index is -0.525. The van der Waals surface area contributed by atoms with Gasteiger partial charge in [-0.3, -0.25) is 10.1 Å². The monoisotopic (exact) mass is 412 g/mol. The van der Waals surface area contributed by atoms with Crippen LogP contribution in [0.3, 0.4) is 0 Å². The molecule has 1 aromatic heterocycles. The van der Waals surface area contributed by atoms with E-state index in [1.54, 1.807) is 30.3 Å². The predicted octanol–water partition coefficient (Wildman–Crippen LogP) is 6.94. The second-order valence-corrected chi connectivity index (χ2v) is 6.76. The summed E-state index contributed by atoms with van der Waals surface area (Å²) in [5.41, 5.74) is 1.27. The van der Waals surface area contributed by atoms with Crippen LogP contribution in [0.2, 0.25) is 20.1 Å². The van der Waals surface area contributed by atoms with E-state index in [0.29, 0.717) is 36.9 Å². The van der Waals surface area contributed by atoms with Crippen molar-refractivity contribution in [2.75, 3.05) is 0 Å². The van der Waals surface area contributed by atoms with Gasteiger partial charge >= 0.3 is 0 Å². The largest absolute Gasteiger partial charge is 0.295 e. The first-order chi connectivity index (χ1) is 11.9. The molecule has 4 nitrogen and oxygen atoms in total. The lowest BCUT2D eigenvalue weighted by Gasteiger charge is -2.09. The number of hydrogen-bond donors (Lipinski definition) is 0. The third kappa shape index (κ3) is 3.72. The average molecular weight is 414 g/mol. The fraction of sp³-hybridized carbons (Fsp3) is 0. The van der Waals surface area contributed by atoms with Gasteiger partial charge < -0.3 is 0 Å². The van der Waals surface area contributed by atoms with E-state index in [0.717, 1.165) is 0 Å². The van der Waals surface area contributed by atoms with Crippen LogP contribution in [0.25, 0.3) is 22.5 Å². The molecule has 0 aliphatic heterocycles. The molecule has 2 aromatic carbocycles. The van der Waals surface area contributed by atoms with Crippen LogP contribution in [0.4, 0.5) is 5.69 Å². The van der Waals surface area contributed by atoms with Crippen molar-refractivity contribution in [3.05, 3.63) is 78.7 Å². The van der Waals surface area contributed by atoms with E-state index in [-0.39, 0.29) is 11.4 Å². The Balaban J connectivity index is 2.28. The fourth-order valence-electron chi connectivity index (χ4n) is 2.32. The molecular formula is C17H8Cl4N2O2. The van der Waals surface area contributed by atoms with Crippen molar-refractivity contribution in [3.63, 3.8) is 0 Å². The average Bonchev–Trinajstić information content (AvgIpc) is 2.58. The Morgan fingerprint density at radius 3 is 1.96 bits per heavy atom. The SMILES string of the molecule is O=[N+]([O-])c1ccc(-c2cc(Cl)ccc2Cl)nc1-c1cc(Cl)ccc1Cl. The highest BCUT2D eigenvalue weighted by Gasteiger charge is 2.21. The summed E-state index contributed by atoms with van der Waals surface area (Å²) < 4.78 is 0. The van der Waals surface area contributed by atoms with Gasteiger partial charge in [-0.15, -0.1) is 0 Å². The Morgan fingerprint density at radius 1 is 0.800 bits per heavy atom. The minimum absolute atomic E-state index is 0.103. The third-order valence-electron chi connectivity index (χ3n) is 3.46. The molecular weight excluding hydrogens is 406 g/mol. The molecule has 3 aromatic rings. The number of nitrogens with zero attached hydrogens (tertiary/aromatic N) is 2. The smallest absolute Gasteiger partial charge is 0.258 e. The highest BCUT2D eigenvalue weighted by Crippen LogP contribution is 2.38. The van der Waals surface area contributed by atoms with E-state index < -0.39 is 4.92 Å². The predicted molar refractivity (Wildman–Crippen MR) is 102 cm³/mol. The van der Waals surface area contributed by atoms with Crippen LogP contribution in [0.5, 0.6) is 0 Å². The Labute approximate surface area is 163 Å². The van der Waals surface area contributed by atoms with Gasteiger partial charge in [-0.2, -0.15) is 0 Å². The lowest BCUT2D eigenvalue weighted by molar-refractivity contribution is -0.384. The topological polar surface area (TPSA) is 56.0 Å². The maximum Gasteiger partial charge on any atom is 0.295 e. The summed E-state index contributed by atoms with van der Waals surface area (Å²) in [5.74, 6) is 0. The first kappa shape index (κ1) is 18.0. The first-order valence-electron chi connectivity index (χ1n) is 6.93. The molecule has 0 radical (unpaired) electrons. The van der Waals surface area contributed by atoms with Crippen LogP contribution in [0.15, 0.2) is 48.5 Å². The van der Waals surface area contributed by atoms with Crippen LogP contribution in [0.1, 0.15) is 0 Å². The minimum Gasteiger partial charge on any atom is -0.258 e. The maximum atomic E-state index is 11.4. The summed E-state index contributed by atoms with van der Waals surface area (Å²) in [6.07, 6.45) is 0. The molecule has 0 unspecified atom stereocenters. The lowest BCUT2D eigenvalue weighted by atomic mass is 10.1. The van der Waals surface area contributed by atoms with E-state index >= 15 is 0 Å². The van der Waals surface area contributed by atoms with Gasteiger partial charge in [-0.05, 0) is 42.5 Å². The summed E-state index contributed by atoms with van der Waals surface area (Å²) in [6.45, 7) is 0. The zero-order valence-corrected chi connectivity index (χ0v) is 15.4. The fourth-order valence-corrected chi connectivity index (χ4v) is 3.09. The third-order valence-corrected chi connectivity index (χ3v) is 4.59. The summed E-state index contributed by atoms with van der Waals surface area (Å²) in [4.78, 5) is 15.3. The summed E-state index contributed by atoms with van der Waals surface area (Å²) >= 11 is 24.4. The number of nitro groups is 1. The summed E-state index contributed by atoms with van der Waals surface area (Å²) in [7, 11) is 0. The van der Waals surface area contributed by atoms with Crippen LogP contribution >= 0.6 is 46.4 Å². The second kappa shape index (κ2) is 7.18. The van der Waals surface area contributed by atoms with Gasteiger partial charge in [0.1, 0.15) is 5.69 Å². The Morgan fingerprint density at radius 2 is 1.36 bits per heavy atom. The lowest BCUT2D eigenvalue weighted by Crippen LogP contribution is -1.97. The van der Waals surface area contributed by atoms with Crippen molar-refractivity contribution in [1.29, 1.82) is 0 Å². The van der Waals surface area contributed by atoms with Gasteiger partial charge in [-0.25, -0.2) is 4.98 Å². The van der Waals surface area contributed by atoms with Crippen molar-refractivity contribution >= 4 is 52.1 Å². The highest BCUT2D eigenvalue weighted by molar-refractivity contribution is 6.36. The van der Waals surface area contributed by atoms with Crippen molar-refractivity contribution in [3.8, 4) is 22.5 Å². The standard InChI is InChI=1S/C17H8Cl4N2O2/c18-9-1-3-13(20)11(7-9)15-5-6-16(23(24)25)17(22-15)12-8-10(19)2-4-14(12)21/h1-8H. The normalized spacial score (nSPS) is 10.7. The molecule has 126 valence electrons. The molecule has 0 aliphatic carbocycles. The molecule has 0 amide bonds. The summed E-state index contributed by atoms with van der Waals surface area (Å²) in [5, 5.41) is 13.0. The van der Waals surface area contributed by atoms with Gasteiger partial charge in [0.2, 0.25) is 0 Å². The Bertz CT molecular complexity index is 992. The molecule has 0 N–H and O–H groups in total. The molecule has 1 heterocycles. The van der Waals surface area contributed by atoms with Gasteiger partial charge in [0.25, 0.3) is 5.69 Å². The molecule has 0 atom stereocenters. The quantitative estimate of drug-likeness (QED) is 0.345. The molecule has 0 spiro atoms. The zero-order chi connectivity index (χ0) is 18.1. The van der Waals surface area contributed by atoms with Crippen LogP contribution in [0, 0.1) is 10.1 Å². The van der Waals surface area contributed by atoms with E-state index in [2.05, 4.69) is 4.98 Å². The first-order valence-corrected chi connectivity index (χ1v) is 8.44. The molecule has 0 fully saturated rings. The summed E-state index contributed by atoms with van der Waals surface area (Å²) in [6, 6.07) is 12.5. The maximum absolute atomic E-state index is 11.4. The van der Waals surface area contributed by atoms with E-state index in [1.165, 1.54) is 18.2 Å². The molecule has 8 heteroatoms. The van der Waals surface area contributed by atoms with Gasteiger partial charge in [0.15, 0.2) is 0 Å². The molecule has 0 saturated carbocycles. The molecule has 0 saturated heterocycles. The van der Waals surface area contributed by atoms with Crippen molar-refractivity contribution in [2.24, 2.45) is 0 Å². The van der Waals surface area contributed by atoms with Gasteiger partial charge in [0.05, 0.1) is 20.7 Å². The van der Waals surface area contributed by atoms with Gasteiger partial charge in [-0.1, -0.05) is 46.4 Å². The van der Waals surface area contributed by atoms with Crippen molar-refractivity contribution in [1.82, 2.24) is 4.98 Å². The molecule has 0 bridgehead atoms. The molecule has 0 aliphatic rings. The second-order valence-electron chi connectivity index (χ2n) is 5.07. The number of aromatic nitrogens is 1. The van der Waals surface area contributed by atoms with Crippen molar-refractivity contribution in [2.45, 2.75) is 0 Å². The van der Waals surface area contributed by atoms with E-state index in [1.807, 2.05) is 0 Å². The highest BCUT2D eigenvalue weighted by atomic mass is 35.5. The number of rotatable bonds is 3. The van der Waals surface area contributed by atoms with Crippen molar-refractivity contribution < 1.29 is 4.92 Å². The van der Waals surface area contributed by atoms with E-state index in [4.69, 9.17) is 46.4 Å². The number of hydrogen-bond acceptors (Lipinski definition) is 3. The molecule has 25 heavy (non-hydrogen) atoms. The van der Waals surface area contributed by atoms with E-state index in [9.17, 15) is 10.1 Å². The number of pyridine rings is 1. The molecule has 3 rings (SSSR count). The number of benzene rings is 2. The van der Waals surface area contributed by atoms with Gasteiger partial charge in [0, 0.05) is 27.2 Å². The zero-order valence-electron chi connectivity index (χ0n) is 12.3. The van der Waals surface area contributed by atoms with Crippen LogP contribution in [-0.2, 0) is 0 Å².